The second kappa shape index (κ2) is 5.13. The topological polar surface area (TPSA) is 47.8 Å². The number of aryl methyl sites for hydroxylation is 3. The van der Waals surface area contributed by atoms with Crippen LogP contribution < -0.4 is 5.56 Å². The zero-order chi connectivity index (χ0) is 15.0. The molecule has 3 rings (SSSR count). The predicted molar refractivity (Wildman–Crippen MR) is 84.0 cm³/mol. The van der Waals surface area contributed by atoms with Gasteiger partial charge in [0.1, 0.15) is 5.82 Å². The Kier molecular flexibility index (Phi) is 3.29. The smallest absolute Gasteiger partial charge is 0.267 e. The molecule has 0 unspecified atom stereocenters. The Balaban J connectivity index is 2.40. The van der Waals surface area contributed by atoms with E-state index in [1.165, 1.54) is 0 Å². The minimum atomic E-state index is -0.0602. The van der Waals surface area contributed by atoms with Crippen molar-refractivity contribution < 1.29 is 0 Å². The number of benzene rings is 1. The Bertz CT molecular complexity index is 861. The van der Waals surface area contributed by atoms with Gasteiger partial charge < -0.3 is 0 Å². The first kappa shape index (κ1) is 13.5. The van der Waals surface area contributed by atoms with E-state index < -0.39 is 0 Å². The summed E-state index contributed by atoms with van der Waals surface area (Å²) < 4.78 is 1.70. The van der Waals surface area contributed by atoms with Crippen molar-refractivity contribution in [3.63, 3.8) is 0 Å². The molecule has 0 saturated heterocycles. The Morgan fingerprint density at radius 1 is 1.14 bits per heavy atom. The highest BCUT2D eigenvalue weighted by molar-refractivity contribution is 5.73. The predicted octanol–water partition coefficient (Wildman–Crippen LogP) is 2.96. The highest BCUT2D eigenvalue weighted by Crippen LogP contribution is 2.15. The molecule has 0 amide bonds. The third-order valence-electron chi connectivity index (χ3n) is 3.49. The van der Waals surface area contributed by atoms with E-state index in [1.54, 1.807) is 22.9 Å². The third-order valence-corrected chi connectivity index (χ3v) is 3.49. The van der Waals surface area contributed by atoms with E-state index in [1.807, 2.05) is 32.9 Å². The quantitative estimate of drug-likeness (QED) is 0.724. The molecule has 21 heavy (non-hydrogen) atoms. The molecule has 0 atom stereocenters. The minimum absolute atomic E-state index is 0.0602. The summed E-state index contributed by atoms with van der Waals surface area (Å²) in [5.41, 5.74) is 3.58. The number of nitrogens with zero attached hydrogens (tertiary/aromatic N) is 3. The van der Waals surface area contributed by atoms with Crippen LogP contribution in [0.5, 0.6) is 0 Å². The van der Waals surface area contributed by atoms with Gasteiger partial charge in [0.25, 0.3) is 5.56 Å². The number of hydrogen-bond donors (Lipinski definition) is 0. The monoisotopic (exact) mass is 279 g/mol. The standard InChI is InChI=1S/C17H17N3O/c1-4-15-19-16-14(6-5-7-18-16)17(21)20(15)13-9-11(2)8-12(3)10-13/h5-10H,4H2,1-3H3. The van der Waals surface area contributed by atoms with Crippen LogP contribution in [-0.4, -0.2) is 14.5 Å². The Labute approximate surface area is 123 Å². The van der Waals surface area contributed by atoms with Crippen molar-refractivity contribution in [2.24, 2.45) is 0 Å². The molecule has 0 bridgehead atoms. The van der Waals surface area contributed by atoms with Gasteiger partial charge in [-0.3, -0.25) is 9.36 Å². The average Bonchev–Trinajstić information content (AvgIpc) is 2.46. The number of rotatable bonds is 2. The van der Waals surface area contributed by atoms with Gasteiger partial charge in [0.15, 0.2) is 5.65 Å². The lowest BCUT2D eigenvalue weighted by Crippen LogP contribution is -2.24. The fourth-order valence-corrected chi connectivity index (χ4v) is 2.65. The maximum atomic E-state index is 12.8. The Morgan fingerprint density at radius 3 is 2.52 bits per heavy atom. The first-order valence-electron chi connectivity index (χ1n) is 7.05. The van der Waals surface area contributed by atoms with E-state index in [0.29, 0.717) is 17.5 Å². The van der Waals surface area contributed by atoms with Gasteiger partial charge in [0.05, 0.1) is 11.1 Å². The van der Waals surface area contributed by atoms with Crippen molar-refractivity contribution in [2.45, 2.75) is 27.2 Å². The number of fused-ring (bicyclic) bond motifs is 1. The summed E-state index contributed by atoms with van der Waals surface area (Å²) >= 11 is 0. The molecule has 3 aromatic rings. The van der Waals surface area contributed by atoms with Crippen LogP contribution in [-0.2, 0) is 6.42 Å². The average molecular weight is 279 g/mol. The van der Waals surface area contributed by atoms with Crippen LogP contribution in [0.4, 0.5) is 0 Å². The molecule has 0 saturated carbocycles. The number of aromatic nitrogens is 3. The molecular weight excluding hydrogens is 262 g/mol. The fraction of sp³-hybridized carbons (Fsp3) is 0.235. The molecular formula is C17H17N3O. The summed E-state index contributed by atoms with van der Waals surface area (Å²) in [5, 5.41) is 0.550. The summed E-state index contributed by atoms with van der Waals surface area (Å²) in [6.45, 7) is 6.06. The molecule has 4 nitrogen and oxygen atoms in total. The molecule has 2 heterocycles. The van der Waals surface area contributed by atoms with Crippen LogP contribution in [0.3, 0.4) is 0 Å². The van der Waals surface area contributed by atoms with E-state index in [0.717, 1.165) is 22.6 Å². The maximum absolute atomic E-state index is 12.8. The maximum Gasteiger partial charge on any atom is 0.267 e. The first-order chi connectivity index (χ1) is 10.1. The lowest BCUT2D eigenvalue weighted by atomic mass is 10.1. The minimum Gasteiger partial charge on any atom is -0.268 e. The van der Waals surface area contributed by atoms with Crippen LogP contribution in [0.1, 0.15) is 23.9 Å². The van der Waals surface area contributed by atoms with Crippen LogP contribution in [0.15, 0.2) is 41.3 Å². The van der Waals surface area contributed by atoms with Crippen molar-refractivity contribution in [1.82, 2.24) is 14.5 Å². The van der Waals surface area contributed by atoms with E-state index in [-0.39, 0.29) is 5.56 Å². The first-order valence-corrected chi connectivity index (χ1v) is 7.05. The SMILES string of the molecule is CCc1nc2ncccc2c(=O)n1-c1cc(C)cc(C)c1. The van der Waals surface area contributed by atoms with E-state index in [2.05, 4.69) is 16.0 Å². The van der Waals surface area contributed by atoms with Crippen molar-refractivity contribution >= 4 is 11.0 Å². The molecule has 0 N–H and O–H groups in total. The normalized spacial score (nSPS) is 11.0. The van der Waals surface area contributed by atoms with Crippen molar-refractivity contribution in [3.05, 3.63) is 63.8 Å². The largest absolute Gasteiger partial charge is 0.268 e. The molecule has 106 valence electrons. The molecule has 0 aliphatic heterocycles. The van der Waals surface area contributed by atoms with Gasteiger partial charge in [-0.25, -0.2) is 9.97 Å². The van der Waals surface area contributed by atoms with Crippen LogP contribution in [0.2, 0.25) is 0 Å². The Morgan fingerprint density at radius 2 is 1.86 bits per heavy atom. The summed E-state index contributed by atoms with van der Waals surface area (Å²) in [6.07, 6.45) is 2.34. The second-order valence-electron chi connectivity index (χ2n) is 5.24. The number of hydrogen-bond acceptors (Lipinski definition) is 3. The zero-order valence-corrected chi connectivity index (χ0v) is 12.4. The van der Waals surface area contributed by atoms with Crippen LogP contribution in [0, 0.1) is 13.8 Å². The highest BCUT2D eigenvalue weighted by atomic mass is 16.1. The molecule has 0 fully saturated rings. The summed E-state index contributed by atoms with van der Waals surface area (Å²) in [4.78, 5) is 21.6. The van der Waals surface area contributed by atoms with Gasteiger partial charge in [0.2, 0.25) is 0 Å². The zero-order valence-electron chi connectivity index (χ0n) is 12.4. The fourth-order valence-electron chi connectivity index (χ4n) is 2.65. The summed E-state index contributed by atoms with van der Waals surface area (Å²) in [6, 6.07) is 9.66. The van der Waals surface area contributed by atoms with Crippen LogP contribution in [0.25, 0.3) is 16.7 Å². The van der Waals surface area contributed by atoms with Crippen molar-refractivity contribution in [3.8, 4) is 5.69 Å². The van der Waals surface area contributed by atoms with Gasteiger partial charge in [-0.2, -0.15) is 0 Å². The van der Waals surface area contributed by atoms with Gasteiger partial charge in [0, 0.05) is 12.6 Å². The summed E-state index contributed by atoms with van der Waals surface area (Å²) in [7, 11) is 0. The number of pyridine rings is 1. The molecule has 0 aliphatic carbocycles. The lowest BCUT2D eigenvalue weighted by molar-refractivity contribution is 0.827. The molecule has 0 aliphatic rings. The molecule has 1 aromatic carbocycles. The summed E-state index contributed by atoms with van der Waals surface area (Å²) in [5.74, 6) is 0.733. The van der Waals surface area contributed by atoms with E-state index in [4.69, 9.17) is 0 Å². The Hall–Kier alpha value is -2.49. The molecule has 0 spiro atoms. The lowest BCUT2D eigenvalue weighted by Gasteiger charge is -2.13. The molecule has 0 radical (unpaired) electrons. The van der Waals surface area contributed by atoms with Gasteiger partial charge in [-0.1, -0.05) is 13.0 Å². The highest BCUT2D eigenvalue weighted by Gasteiger charge is 2.12. The van der Waals surface area contributed by atoms with Gasteiger partial charge >= 0.3 is 0 Å². The van der Waals surface area contributed by atoms with Crippen molar-refractivity contribution in [2.75, 3.05) is 0 Å². The second-order valence-corrected chi connectivity index (χ2v) is 5.24. The third kappa shape index (κ3) is 2.33. The molecule has 2 aromatic heterocycles. The van der Waals surface area contributed by atoms with Crippen molar-refractivity contribution in [1.29, 1.82) is 0 Å². The van der Waals surface area contributed by atoms with E-state index in [9.17, 15) is 4.79 Å². The van der Waals surface area contributed by atoms with Gasteiger partial charge in [-0.05, 0) is 49.2 Å². The van der Waals surface area contributed by atoms with Crippen LogP contribution >= 0.6 is 0 Å². The van der Waals surface area contributed by atoms with Gasteiger partial charge in [-0.15, -0.1) is 0 Å². The molecule has 4 heteroatoms. The van der Waals surface area contributed by atoms with E-state index >= 15 is 0 Å².